The van der Waals surface area contributed by atoms with Gasteiger partial charge in [0.25, 0.3) is 0 Å². The number of nitrogens with two attached hydrogens (primary N) is 1. The molecule has 0 spiro atoms. The molecule has 2 rings (SSSR count). The number of rotatable bonds is 4. The quantitative estimate of drug-likeness (QED) is 0.632. The first kappa shape index (κ1) is 13.5. The lowest BCUT2D eigenvalue weighted by Gasteiger charge is -2.29. The molecule has 18 heavy (non-hydrogen) atoms. The summed E-state index contributed by atoms with van der Waals surface area (Å²) in [5.41, 5.74) is 3.81. The lowest BCUT2D eigenvalue weighted by Crippen LogP contribution is -2.50. The molecule has 1 fully saturated rings. The van der Waals surface area contributed by atoms with Crippen molar-refractivity contribution in [2.24, 2.45) is 5.84 Å². The van der Waals surface area contributed by atoms with Crippen molar-refractivity contribution >= 4 is 9.84 Å². The molecule has 2 atom stereocenters. The summed E-state index contributed by atoms with van der Waals surface area (Å²) in [5, 5.41) is -0.351. The summed E-state index contributed by atoms with van der Waals surface area (Å²) in [5.74, 6) is 5.85. The Balaban J connectivity index is 2.13. The highest BCUT2D eigenvalue weighted by atomic mass is 32.2. The van der Waals surface area contributed by atoms with Crippen molar-refractivity contribution in [1.82, 2.24) is 5.43 Å². The monoisotopic (exact) mass is 268 g/mol. The van der Waals surface area contributed by atoms with E-state index in [4.69, 9.17) is 5.84 Å². The van der Waals surface area contributed by atoms with E-state index in [1.54, 1.807) is 0 Å². The summed E-state index contributed by atoms with van der Waals surface area (Å²) in [6, 6.07) is 9.67. The smallest absolute Gasteiger partial charge is 0.154 e. The average molecular weight is 268 g/mol. The van der Waals surface area contributed by atoms with Gasteiger partial charge >= 0.3 is 0 Å². The molecule has 0 saturated carbocycles. The van der Waals surface area contributed by atoms with Crippen molar-refractivity contribution in [3.63, 3.8) is 0 Å². The minimum absolute atomic E-state index is 0.197. The van der Waals surface area contributed by atoms with Gasteiger partial charge in [-0.25, -0.2) is 8.42 Å². The van der Waals surface area contributed by atoms with Crippen LogP contribution in [0.5, 0.6) is 0 Å². The molecule has 4 nitrogen and oxygen atoms in total. The summed E-state index contributed by atoms with van der Waals surface area (Å²) < 4.78 is 24.2. The number of sulfone groups is 1. The highest BCUT2D eigenvalue weighted by Crippen LogP contribution is 2.23. The molecule has 100 valence electrons. The third-order valence-electron chi connectivity index (χ3n) is 3.59. The minimum atomic E-state index is -3.00. The molecule has 3 N–H and O–H groups in total. The van der Waals surface area contributed by atoms with Crippen LogP contribution in [0.15, 0.2) is 30.3 Å². The Morgan fingerprint density at radius 1 is 1.28 bits per heavy atom. The number of hydrazine groups is 1. The largest absolute Gasteiger partial charge is 0.271 e. The SMILES string of the molecule is NNC(Cc1ccccc1)C1CCCCS1(=O)=O. The van der Waals surface area contributed by atoms with Crippen LogP contribution in [0.1, 0.15) is 24.8 Å². The van der Waals surface area contributed by atoms with E-state index in [9.17, 15) is 8.42 Å². The van der Waals surface area contributed by atoms with Crippen LogP contribution in [0.4, 0.5) is 0 Å². The van der Waals surface area contributed by atoms with Gasteiger partial charge in [0.1, 0.15) is 0 Å². The van der Waals surface area contributed by atoms with Gasteiger partial charge in [-0.15, -0.1) is 0 Å². The summed E-state index contributed by atoms with van der Waals surface area (Å²) in [7, 11) is -3.00. The minimum Gasteiger partial charge on any atom is -0.271 e. The second-order valence-electron chi connectivity index (χ2n) is 4.86. The van der Waals surface area contributed by atoms with E-state index in [0.717, 1.165) is 18.4 Å². The van der Waals surface area contributed by atoms with Gasteiger partial charge < -0.3 is 0 Å². The van der Waals surface area contributed by atoms with Gasteiger partial charge in [0, 0.05) is 6.04 Å². The third-order valence-corrected chi connectivity index (χ3v) is 5.93. The maximum Gasteiger partial charge on any atom is 0.154 e. The van der Waals surface area contributed by atoms with E-state index >= 15 is 0 Å². The van der Waals surface area contributed by atoms with Gasteiger partial charge in [0.15, 0.2) is 9.84 Å². The van der Waals surface area contributed by atoms with Crippen LogP contribution in [0.3, 0.4) is 0 Å². The molecule has 2 unspecified atom stereocenters. The molecule has 1 heterocycles. The van der Waals surface area contributed by atoms with Gasteiger partial charge in [-0.05, 0) is 24.8 Å². The Morgan fingerprint density at radius 3 is 2.61 bits per heavy atom. The van der Waals surface area contributed by atoms with Crippen molar-refractivity contribution in [2.75, 3.05) is 5.75 Å². The normalized spacial score (nSPS) is 24.6. The van der Waals surface area contributed by atoms with E-state index in [1.807, 2.05) is 30.3 Å². The van der Waals surface area contributed by atoms with E-state index < -0.39 is 9.84 Å². The van der Waals surface area contributed by atoms with Gasteiger partial charge in [-0.1, -0.05) is 36.8 Å². The van der Waals surface area contributed by atoms with E-state index in [2.05, 4.69) is 5.43 Å². The van der Waals surface area contributed by atoms with Crippen LogP contribution in [0, 0.1) is 0 Å². The average Bonchev–Trinajstić information content (AvgIpc) is 2.37. The Morgan fingerprint density at radius 2 is 2.00 bits per heavy atom. The van der Waals surface area contributed by atoms with Crippen molar-refractivity contribution < 1.29 is 8.42 Å². The third kappa shape index (κ3) is 3.10. The first-order valence-corrected chi connectivity index (χ1v) is 8.06. The molecule has 1 saturated heterocycles. The molecule has 5 heteroatoms. The lowest BCUT2D eigenvalue weighted by atomic mass is 10.00. The van der Waals surface area contributed by atoms with Crippen molar-refractivity contribution in [2.45, 2.75) is 37.0 Å². The Kier molecular flexibility index (Phi) is 4.37. The molecule has 1 aliphatic rings. The van der Waals surface area contributed by atoms with Crippen molar-refractivity contribution in [1.29, 1.82) is 0 Å². The standard InChI is InChI=1S/C13H20N2O2S/c14-15-12(10-11-6-2-1-3-7-11)13-8-4-5-9-18(13,16)17/h1-3,6-7,12-13,15H,4-5,8-10,14H2. The van der Waals surface area contributed by atoms with Crippen LogP contribution in [0.2, 0.25) is 0 Å². The maximum atomic E-state index is 12.1. The molecule has 1 aliphatic heterocycles. The highest BCUT2D eigenvalue weighted by Gasteiger charge is 2.34. The fourth-order valence-corrected chi connectivity index (χ4v) is 4.71. The lowest BCUT2D eigenvalue weighted by molar-refractivity contribution is 0.440. The van der Waals surface area contributed by atoms with E-state index in [1.165, 1.54) is 0 Å². The highest BCUT2D eigenvalue weighted by molar-refractivity contribution is 7.92. The van der Waals surface area contributed by atoms with Crippen molar-refractivity contribution in [3.05, 3.63) is 35.9 Å². The van der Waals surface area contributed by atoms with Crippen LogP contribution >= 0.6 is 0 Å². The second-order valence-corrected chi connectivity index (χ2v) is 7.20. The predicted octanol–water partition coefficient (Wildman–Crippen LogP) is 1.03. The maximum absolute atomic E-state index is 12.1. The molecule has 0 amide bonds. The molecular weight excluding hydrogens is 248 g/mol. The van der Waals surface area contributed by atoms with Gasteiger partial charge in [-0.2, -0.15) is 0 Å². The summed E-state index contributed by atoms with van der Waals surface area (Å²) in [6.45, 7) is 0. The fourth-order valence-electron chi connectivity index (χ4n) is 2.60. The fraction of sp³-hybridized carbons (Fsp3) is 0.538. The number of hydrogen-bond donors (Lipinski definition) is 2. The summed E-state index contributed by atoms with van der Waals surface area (Å²) >= 11 is 0. The number of nitrogens with one attached hydrogen (secondary N) is 1. The topological polar surface area (TPSA) is 72.2 Å². The zero-order valence-corrected chi connectivity index (χ0v) is 11.2. The van der Waals surface area contributed by atoms with Crippen LogP contribution < -0.4 is 11.3 Å². The zero-order valence-electron chi connectivity index (χ0n) is 10.4. The summed E-state index contributed by atoms with van der Waals surface area (Å²) in [4.78, 5) is 0. The molecule has 0 aliphatic carbocycles. The van der Waals surface area contributed by atoms with Crippen LogP contribution in [-0.4, -0.2) is 25.5 Å². The molecular formula is C13H20N2O2S. The summed E-state index contributed by atoms with van der Waals surface area (Å²) in [6.07, 6.45) is 3.11. The van der Waals surface area contributed by atoms with Gasteiger partial charge in [0.2, 0.25) is 0 Å². The Labute approximate surface area is 108 Å². The molecule has 1 aromatic carbocycles. The molecule has 1 aromatic rings. The van der Waals surface area contributed by atoms with E-state index in [-0.39, 0.29) is 11.3 Å². The van der Waals surface area contributed by atoms with Gasteiger partial charge in [0.05, 0.1) is 11.0 Å². The first-order valence-electron chi connectivity index (χ1n) is 6.35. The predicted molar refractivity (Wildman–Crippen MR) is 72.7 cm³/mol. The Hall–Kier alpha value is -0.910. The van der Waals surface area contributed by atoms with Crippen LogP contribution in [0.25, 0.3) is 0 Å². The number of benzene rings is 1. The zero-order chi connectivity index (χ0) is 13.0. The molecule has 0 aromatic heterocycles. The van der Waals surface area contributed by atoms with Gasteiger partial charge in [-0.3, -0.25) is 11.3 Å². The van der Waals surface area contributed by atoms with Crippen LogP contribution in [-0.2, 0) is 16.3 Å². The number of hydrogen-bond acceptors (Lipinski definition) is 4. The first-order chi connectivity index (χ1) is 8.63. The second kappa shape index (κ2) is 5.82. The molecule has 0 bridgehead atoms. The van der Waals surface area contributed by atoms with E-state index in [0.29, 0.717) is 18.6 Å². The Bertz CT molecular complexity index is 473. The molecule has 0 radical (unpaired) electrons. The van der Waals surface area contributed by atoms with Crippen molar-refractivity contribution in [3.8, 4) is 0 Å².